The van der Waals surface area contributed by atoms with Gasteiger partial charge in [0.25, 0.3) is 0 Å². The molecule has 0 saturated carbocycles. The molecule has 1 N–H and O–H groups in total. The third-order valence-corrected chi connectivity index (χ3v) is 3.69. The van der Waals surface area contributed by atoms with Crippen LogP contribution in [0.2, 0.25) is 0 Å². The largest absolute Gasteiger partial charge is 0.481 e. The van der Waals surface area contributed by atoms with E-state index in [9.17, 15) is 13.6 Å². The predicted molar refractivity (Wildman–Crippen MR) is 74.5 cm³/mol. The summed E-state index contributed by atoms with van der Waals surface area (Å²) in [5.41, 5.74) is 0.320. The van der Waals surface area contributed by atoms with Gasteiger partial charge in [0.15, 0.2) is 11.0 Å². The van der Waals surface area contributed by atoms with Crippen molar-refractivity contribution in [1.29, 1.82) is 0 Å². The van der Waals surface area contributed by atoms with E-state index in [4.69, 9.17) is 9.84 Å². The number of thioether (sulfide) groups is 1. The number of ether oxygens (including phenoxy) is 1. The van der Waals surface area contributed by atoms with E-state index in [1.54, 1.807) is 4.57 Å². The summed E-state index contributed by atoms with van der Waals surface area (Å²) in [4.78, 5) is 14.7. The maximum absolute atomic E-state index is 13.8. The van der Waals surface area contributed by atoms with Crippen LogP contribution >= 0.6 is 11.8 Å². The Bertz CT molecular complexity index is 660. The molecule has 2 rings (SSSR count). The van der Waals surface area contributed by atoms with Crippen LogP contribution in [0.5, 0.6) is 0 Å². The topological polar surface area (TPSA) is 64.3 Å². The Labute approximate surface area is 123 Å². The number of hydrogen-bond acceptors (Lipinski definition) is 4. The molecule has 0 radical (unpaired) electrons. The molecule has 114 valence electrons. The number of carboxylic acids is 1. The molecule has 0 aliphatic carbocycles. The van der Waals surface area contributed by atoms with Crippen LogP contribution in [-0.4, -0.2) is 39.6 Å². The molecule has 0 unspecified atom stereocenters. The van der Waals surface area contributed by atoms with Crippen molar-refractivity contribution in [1.82, 2.24) is 9.55 Å². The van der Waals surface area contributed by atoms with E-state index < -0.39 is 17.6 Å². The van der Waals surface area contributed by atoms with E-state index in [1.807, 2.05) is 6.92 Å². The van der Waals surface area contributed by atoms with E-state index >= 15 is 0 Å². The van der Waals surface area contributed by atoms with Gasteiger partial charge in [-0.1, -0.05) is 11.8 Å². The Morgan fingerprint density at radius 3 is 2.90 bits per heavy atom. The molecule has 1 aromatic heterocycles. The summed E-state index contributed by atoms with van der Waals surface area (Å²) in [6.07, 6.45) is 0. The second kappa shape index (κ2) is 6.86. The van der Waals surface area contributed by atoms with Crippen LogP contribution in [0, 0.1) is 11.6 Å². The average molecular weight is 316 g/mol. The summed E-state index contributed by atoms with van der Waals surface area (Å²) >= 11 is 0.961. The molecular formula is C13H14F2N2O3S. The highest BCUT2D eigenvalue weighted by molar-refractivity contribution is 7.99. The van der Waals surface area contributed by atoms with Gasteiger partial charge >= 0.3 is 5.97 Å². The van der Waals surface area contributed by atoms with Crippen molar-refractivity contribution in [2.75, 3.05) is 19.0 Å². The number of carboxylic acid groups (broad SMARTS) is 1. The molecule has 0 atom stereocenters. The maximum Gasteiger partial charge on any atom is 0.313 e. The minimum Gasteiger partial charge on any atom is -0.481 e. The van der Waals surface area contributed by atoms with Crippen molar-refractivity contribution in [3.05, 3.63) is 23.8 Å². The third kappa shape index (κ3) is 3.70. The highest BCUT2D eigenvalue weighted by Crippen LogP contribution is 2.26. The van der Waals surface area contributed by atoms with Crippen molar-refractivity contribution < 1.29 is 23.4 Å². The molecule has 0 aliphatic rings. The van der Waals surface area contributed by atoms with Gasteiger partial charge in [0.1, 0.15) is 11.3 Å². The summed E-state index contributed by atoms with van der Waals surface area (Å²) in [5, 5.41) is 9.07. The zero-order valence-corrected chi connectivity index (χ0v) is 12.1. The van der Waals surface area contributed by atoms with Gasteiger partial charge in [-0.05, 0) is 6.92 Å². The fourth-order valence-corrected chi connectivity index (χ4v) is 2.63. The lowest BCUT2D eigenvalue weighted by Gasteiger charge is -2.08. The van der Waals surface area contributed by atoms with Gasteiger partial charge in [-0.3, -0.25) is 4.79 Å². The number of halogens is 2. The minimum absolute atomic E-state index is 0.0285. The lowest BCUT2D eigenvalue weighted by atomic mass is 10.3. The average Bonchev–Trinajstić information content (AvgIpc) is 2.75. The highest BCUT2D eigenvalue weighted by Gasteiger charge is 2.16. The standard InChI is InChI=1S/C13H14F2N2O3S/c1-2-20-4-3-17-10-6-8(14)5-9(15)12(10)16-13(17)21-7-11(18)19/h5-6H,2-4,7H2,1H3,(H,18,19). The Hall–Kier alpha value is -1.67. The SMILES string of the molecule is CCOCCn1c(SCC(=O)O)nc2c(F)cc(F)cc21. The van der Waals surface area contributed by atoms with Crippen LogP contribution in [0.15, 0.2) is 17.3 Å². The fraction of sp³-hybridized carbons (Fsp3) is 0.385. The summed E-state index contributed by atoms with van der Waals surface area (Å²) < 4.78 is 33.9. The summed E-state index contributed by atoms with van der Waals surface area (Å²) in [7, 11) is 0. The molecule has 1 heterocycles. The molecule has 0 spiro atoms. The summed E-state index contributed by atoms with van der Waals surface area (Å²) in [6.45, 7) is 3.05. The molecule has 2 aromatic rings. The molecule has 0 fully saturated rings. The number of imidazole rings is 1. The molecule has 1 aromatic carbocycles. The van der Waals surface area contributed by atoms with Crippen molar-refractivity contribution in [3.63, 3.8) is 0 Å². The number of nitrogens with zero attached hydrogens (tertiary/aromatic N) is 2. The van der Waals surface area contributed by atoms with Crippen LogP contribution in [0.4, 0.5) is 8.78 Å². The molecule has 0 amide bonds. The summed E-state index contributed by atoms with van der Waals surface area (Å²) in [6, 6.07) is 1.94. The molecular weight excluding hydrogens is 302 g/mol. The number of aliphatic carboxylic acids is 1. The van der Waals surface area contributed by atoms with Crippen LogP contribution in [0.25, 0.3) is 11.0 Å². The first-order valence-corrected chi connectivity index (χ1v) is 7.29. The third-order valence-electron chi connectivity index (χ3n) is 2.73. The zero-order valence-electron chi connectivity index (χ0n) is 11.3. The van der Waals surface area contributed by atoms with E-state index in [1.165, 1.54) is 6.07 Å². The Balaban J connectivity index is 2.41. The van der Waals surface area contributed by atoms with E-state index in [0.29, 0.717) is 30.4 Å². The maximum atomic E-state index is 13.8. The van der Waals surface area contributed by atoms with Crippen LogP contribution in [0.3, 0.4) is 0 Å². The van der Waals surface area contributed by atoms with Gasteiger partial charge in [0.05, 0.1) is 17.9 Å². The van der Waals surface area contributed by atoms with Crippen LogP contribution in [-0.2, 0) is 16.1 Å². The molecule has 5 nitrogen and oxygen atoms in total. The monoisotopic (exact) mass is 316 g/mol. The van der Waals surface area contributed by atoms with Gasteiger partial charge in [-0.15, -0.1) is 0 Å². The van der Waals surface area contributed by atoms with Crippen LogP contribution < -0.4 is 0 Å². The Kier molecular flexibility index (Phi) is 5.13. The molecule has 0 bridgehead atoms. The number of rotatable bonds is 7. The van der Waals surface area contributed by atoms with Gasteiger partial charge < -0.3 is 14.4 Å². The molecule has 8 heteroatoms. The van der Waals surface area contributed by atoms with Crippen molar-refractivity contribution in [2.24, 2.45) is 0 Å². The van der Waals surface area contributed by atoms with Gasteiger partial charge in [0, 0.05) is 25.3 Å². The highest BCUT2D eigenvalue weighted by atomic mass is 32.2. The number of hydrogen-bond donors (Lipinski definition) is 1. The minimum atomic E-state index is -1.00. The van der Waals surface area contributed by atoms with Crippen molar-refractivity contribution in [3.8, 4) is 0 Å². The first-order chi connectivity index (χ1) is 10.0. The zero-order chi connectivity index (χ0) is 15.4. The van der Waals surface area contributed by atoms with Crippen molar-refractivity contribution in [2.45, 2.75) is 18.6 Å². The Morgan fingerprint density at radius 1 is 1.48 bits per heavy atom. The second-order valence-electron chi connectivity index (χ2n) is 4.18. The molecule has 0 aliphatic heterocycles. The smallest absolute Gasteiger partial charge is 0.313 e. The first kappa shape index (κ1) is 15.7. The van der Waals surface area contributed by atoms with Gasteiger partial charge in [-0.2, -0.15) is 0 Å². The quantitative estimate of drug-likeness (QED) is 0.628. The lowest BCUT2D eigenvalue weighted by molar-refractivity contribution is -0.133. The Morgan fingerprint density at radius 2 is 2.24 bits per heavy atom. The molecule has 0 saturated heterocycles. The van der Waals surface area contributed by atoms with Crippen LogP contribution in [0.1, 0.15) is 6.92 Å². The van der Waals surface area contributed by atoms with Gasteiger partial charge in [0.2, 0.25) is 0 Å². The van der Waals surface area contributed by atoms with E-state index in [0.717, 1.165) is 17.8 Å². The lowest BCUT2D eigenvalue weighted by Crippen LogP contribution is -2.08. The first-order valence-electron chi connectivity index (χ1n) is 6.30. The van der Waals surface area contributed by atoms with E-state index in [-0.39, 0.29) is 11.3 Å². The number of carbonyl (C=O) groups is 1. The number of aromatic nitrogens is 2. The second-order valence-corrected chi connectivity index (χ2v) is 5.12. The molecule has 21 heavy (non-hydrogen) atoms. The predicted octanol–water partition coefficient (Wildman–Crippen LogP) is 2.53. The number of benzene rings is 1. The fourth-order valence-electron chi connectivity index (χ4n) is 1.88. The number of fused-ring (bicyclic) bond motifs is 1. The summed E-state index contributed by atoms with van der Waals surface area (Å²) in [5.74, 6) is -2.68. The van der Waals surface area contributed by atoms with Gasteiger partial charge in [-0.25, -0.2) is 13.8 Å². The van der Waals surface area contributed by atoms with E-state index in [2.05, 4.69) is 4.98 Å². The normalized spacial score (nSPS) is 11.2. The van der Waals surface area contributed by atoms with Crippen molar-refractivity contribution >= 4 is 28.8 Å².